The molecule has 0 radical (unpaired) electrons. The zero-order valence-electron chi connectivity index (χ0n) is 19.6. The van der Waals surface area contributed by atoms with Crippen LogP contribution >= 0.6 is 11.3 Å². The van der Waals surface area contributed by atoms with Gasteiger partial charge in [-0.2, -0.15) is 0 Å². The van der Waals surface area contributed by atoms with Crippen molar-refractivity contribution in [1.29, 1.82) is 0 Å². The first-order valence-electron chi connectivity index (χ1n) is 10.7. The number of rotatable bonds is 5. The maximum absolute atomic E-state index is 13.5. The maximum atomic E-state index is 13.5. The first-order chi connectivity index (χ1) is 15.7. The van der Waals surface area contributed by atoms with E-state index in [0.29, 0.717) is 38.2 Å². The van der Waals surface area contributed by atoms with Crippen LogP contribution in [0.3, 0.4) is 0 Å². The van der Waals surface area contributed by atoms with Crippen molar-refractivity contribution in [2.24, 2.45) is 4.99 Å². The first-order valence-corrected chi connectivity index (χ1v) is 11.5. The van der Waals surface area contributed by atoms with Crippen LogP contribution in [0.25, 0.3) is 6.08 Å². The molecule has 0 saturated carbocycles. The molecule has 0 amide bonds. The van der Waals surface area contributed by atoms with Gasteiger partial charge in [-0.15, -0.1) is 0 Å². The van der Waals surface area contributed by atoms with Crippen LogP contribution in [0.5, 0.6) is 0 Å². The van der Waals surface area contributed by atoms with E-state index in [-0.39, 0.29) is 5.56 Å². The van der Waals surface area contributed by atoms with E-state index < -0.39 is 12.0 Å². The Hall–Kier alpha value is -3.39. The summed E-state index contributed by atoms with van der Waals surface area (Å²) >= 11 is 1.27. The molecule has 0 saturated heterocycles. The van der Waals surface area contributed by atoms with Gasteiger partial charge in [-0.25, -0.2) is 9.79 Å². The minimum Gasteiger partial charge on any atom is -0.466 e. The number of benzene rings is 1. The standard InChI is InChI=1S/C25H27N3O4S/c1-14(2)16-7-9-17(10-8-16)22-21(24(30)31-6)15(3)26-25-28(22)23(29)19(33-25)13-18-11-12-20(32-18)27(4)5/h7-14,22H,1-6H3/b19-13-/t22-/m1/s1. The number of methoxy groups -OCH3 is 1. The first kappa shape index (κ1) is 22.8. The number of aromatic nitrogens is 1. The molecule has 0 spiro atoms. The molecule has 1 aromatic carbocycles. The van der Waals surface area contributed by atoms with Crippen molar-refractivity contribution in [2.45, 2.75) is 32.7 Å². The fourth-order valence-electron chi connectivity index (χ4n) is 3.86. The van der Waals surface area contributed by atoms with Gasteiger partial charge in [0.1, 0.15) is 5.76 Å². The molecule has 1 aliphatic rings. The van der Waals surface area contributed by atoms with Crippen molar-refractivity contribution in [2.75, 3.05) is 26.1 Å². The van der Waals surface area contributed by atoms with Crippen molar-refractivity contribution >= 4 is 29.3 Å². The lowest BCUT2D eigenvalue weighted by atomic mass is 9.93. The molecule has 0 N–H and O–H groups in total. The topological polar surface area (TPSA) is 77.0 Å². The number of carbonyl (C=O) groups excluding carboxylic acids is 1. The number of esters is 1. The van der Waals surface area contributed by atoms with E-state index in [4.69, 9.17) is 9.15 Å². The molecule has 3 heterocycles. The Morgan fingerprint density at radius 3 is 2.48 bits per heavy atom. The number of nitrogens with zero attached hydrogens (tertiary/aromatic N) is 3. The van der Waals surface area contributed by atoms with Crippen molar-refractivity contribution in [3.63, 3.8) is 0 Å². The van der Waals surface area contributed by atoms with E-state index in [1.54, 1.807) is 17.6 Å². The molecule has 4 rings (SSSR count). The van der Waals surface area contributed by atoms with E-state index >= 15 is 0 Å². The van der Waals surface area contributed by atoms with Crippen LogP contribution in [0.4, 0.5) is 5.88 Å². The van der Waals surface area contributed by atoms with Crippen molar-refractivity contribution < 1.29 is 13.9 Å². The largest absolute Gasteiger partial charge is 0.466 e. The quantitative estimate of drug-likeness (QED) is 0.541. The monoisotopic (exact) mass is 465 g/mol. The van der Waals surface area contributed by atoms with Crippen molar-refractivity contribution in [3.05, 3.63) is 84.2 Å². The number of thiazole rings is 1. The number of ether oxygens (including phenoxy) is 1. The number of hydrogen-bond donors (Lipinski definition) is 0. The third kappa shape index (κ3) is 4.18. The van der Waals surface area contributed by atoms with Crippen molar-refractivity contribution in [3.8, 4) is 0 Å². The van der Waals surface area contributed by atoms with E-state index in [1.165, 1.54) is 24.0 Å². The lowest BCUT2D eigenvalue weighted by Gasteiger charge is -2.24. The summed E-state index contributed by atoms with van der Waals surface area (Å²) in [4.78, 5) is 33.2. The number of fused-ring (bicyclic) bond motifs is 1. The minimum absolute atomic E-state index is 0.228. The SMILES string of the molecule is COC(=O)C1=C(C)N=c2s/c(=C\c3ccc(N(C)C)o3)c(=O)n2[C@@H]1c1ccc(C(C)C)cc1. The molecule has 1 atom stereocenters. The maximum Gasteiger partial charge on any atom is 0.338 e. The van der Waals surface area contributed by atoms with Gasteiger partial charge in [0.25, 0.3) is 5.56 Å². The molecule has 2 aromatic heterocycles. The number of carbonyl (C=O) groups is 1. The Kier molecular flexibility index (Phi) is 6.12. The van der Waals surface area contributed by atoms with Crippen LogP contribution in [-0.2, 0) is 9.53 Å². The average molecular weight is 466 g/mol. The summed E-state index contributed by atoms with van der Waals surface area (Å²) < 4.78 is 12.9. The highest BCUT2D eigenvalue weighted by Crippen LogP contribution is 2.31. The average Bonchev–Trinajstić information content (AvgIpc) is 3.37. The van der Waals surface area contributed by atoms with E-state index in [9.17, 15) is 9.59 Å². The van der Waals surface area contributed by atoms with Crippen LogP contribution in [0.1, 0.15) is 49.6 Å². The Bertz CT molecular complexity index is 1400. The van der Waals surface area contributed by atoms with Gasteiger partial charge in [-0.3, -0.25) is 9.36 Å². The summed E-state index contributed by atoms with van der Waals surface area (Å²) in [5.41, 5.74) is 2.69. The third-order valence-corrected chi connectivity index (χ3v) is 6.66. The molecule has 0 fully saturated rings. The number of hydrogen-bond acceptors (Lipinski definition) is 7. The van der Waals surface area contributed by atoms with Gasteiger partial charge in [0.05, 0.1) is 29.0 Å². The molecule has 8 heteroatoms. The van der Waals surface area contributed by atoms with Crippen LogP contribution in [-0.4, -0.2) is 31.7 Å². The van der Waals surface area contributed by atoms with Gasteiger partial charge in [0, 0.05) is 26.2 Å². The highest BCUT2D eigenvalue weighted by atomic mass is 32.1. The zero-order chi connectivity index (χ0) is 23.9. The van der Waals surface area contributed by atoms with Crippen LogP contribution in [0.15, 0.2) is 61.9 Å². The predicted octanol–water partition coefficient (Wildman–Crippen LogP) is 3.19. The number of anilines is 1. The zero-order valence-corrected chi connectivity index (χ0v) is 20.4. The molecule has 0 bridgehead atoms. The second kappa shape index (κ2) is 8.86. The highest BCUT2D eigenvalue weighted by molar-refractivity contribution is 7.07. The Labute approximate surface area is 195 Å². The van der Waals surface area contributed by atoms with Crippen LogP contribution < -0.4 is 19.8 Å². The number of furan rings is 1. The summed E-state index contributed by atoms with van der Waals surface area (Å²) in [6.07, 6.45) is 1.72. The van der Waals surface area contributed by atoms with Gasteiger partial charge in [-0.1, -0.05) is 49.4 Å². The fourth-order valence-corrected chi connectivity index (χ4v) is 4.89. The number of allylic oxidation sites excluding steroid dienone is 1. The minimum atomic E-state index is -0.619. The van der Waals surface area contributed by atoms with Crippen LogP contribution in [0.2, 0.25) is 0 Å². The Morgan fingerprint density at radius 2 is 1.91 bits per heavy atom. The van der Waals surface area contributed by atoms with E-state index in [2.05, 4.69) is 18.8 Å². The summed E-state index contributed by atoms with van der Waals surface area (Å²) in [7, 11) is 5.11. The summed E-state index contributed by atoms with van der Waals surface area (Å²) in [6.45, 7) is 6.02. The molecule has 7 nitrogen and oxygen atoms in total. The summed E-state index contributed by atoms with van der Waals surface area (Å²) in [6, 6.07) is 11.1. The van der Waals surface area contributed by atoms with E-state index in [1.807, 2.05) is 55.4 Å². The Balaban J connectivity index is 1.91. The van der Waals surface area contributed by atoms with Gasteiger partial charge < -0.3 is 14.1 Å². The smallest absolute Gasteiger partial charge is 0.338 e. The molecular formula is C25H27N3O4S. The molecule has 1 aliphatic heterocycles. The third-order valence-electron chi connectivity index (χ3n) is 5.67. The van der Waals surface area contributed by atoms with Crippen LogP contribution in [0, 0.1) is 0 Å². The van der Waals surface area contributed by atoms with Gasteiger partial charge >= 0.3 is 5.97 Å². The molecule has 0 unspecified atom stereocenters. The predicted molar refractivity (Wildman–Crippen MR) is 129 cm³/mol. The van der Waals surface area contributed by atoms with Gasteiger partial charge in [-0.05, 0) is 30.0 Å². The summed E-state index contributed by atoms with van der Waals surface area (Å²) in [5.74, 6) is 1.15. The normalized spacial score (nSPS) is 16.1. The molecular weight excluding hydrogens is 438 g/mol. The summed E-state index contributed by atoms with van der Waals surface area (Å²) in [5, 5.41) is 0. The second-order valence-corrected chi connectivity index (χ2v) is 9.47. The highest BCUT2D eigenvalue weighted by Gasteiger charge is 2.33. The Morgan fingerprint density at radius 1 is 1.21 bits per heavy atom. The molecule has 0 aliphatic carbocycles. The van der Waals surface area contributed by atoms with E-state index in [0.717, 1.165) is 5.56 Å². The van der Waals surface area contributed by atoms with Gasteiger partial charge in [0.15, 0.2) is 10.7 Å². The molecule has 3 aromatic rings. The van der Waals surface area contributed by atoms with Gasteiger partial charge in [0.2, 0.25) is 0 Å². The second-order valence-electron chi connectivity index (χ2n) is 8.47. The lowest BCUT2D eigenvalue weighted by molar-refractivity contribution is -0.136. The molecule has 172 valence electrons. The molecule has 33 heavy (non-hydrogen) atoms. The fraction of sp³-hybridized carbons (Fsp3) is 0.320. The lowest BCUT2D eigenvalue weighted by Crippen LogP contribution is -2.39. The van der Waals surface area contributed by atoms with Crippen molar-refractivity contribution in [1.82, 2.24) is 4.57 Å².